The van der Waals surface area contributed by atoms with Gasteiger partial charge in [-0.05, 0) is 38.0 Å². The van der Waals surface area contributed by atoms with Gasteiger partial charge in [0.1, 0.15) is 23.6 Å². The zero-order chi connectivity index (χ0) is 28.3. The van der Waals surface area contributed by atoms with Crippen LogP contribution in [0.3, 0.4) is 0 Å². The van der Waals surface area contributed by atoms with Crippen LogP contribution in [0.25, 0.3) is 11.0 Å². The second-order valence-electron chi connectivity index (χ2n) is 8.77. The van der Waals surface area contributed by atoms with E-state index in [2.05, 4.69) is 30.2 Å². The highest BCUT2D eigenvalue weighted by atomic mass is 32.2. The summed E-state index contributed by atoms with van der Waals surface area (Å²) in [6, 6.07) is 3.75. The minimum Gasteiger partial charge on any atom is -0.470 e. The molecule has 0 radical (unpaired) electrons. The van der Waals surface area contributed by atoms with E-state index in [0.29, 0.717) is 40.1 Å². The fourth-order valence-electron chi connectivity index (χ4n) is 3.74. The van der Waals surface area contributed by atoms with Crippen LogP contribution in [-0.4, -0.2) is 43.3 Å². The Bertz CT molecular complexity index is 1530. The van der Waals surface area contributed by atoms with Crippen LogP contribution in [0.2, 0.25) is 0 Å². The minimum atomic E-state index is -2.90. The number of nitrogens with two attached hydrogens (primary N) is 1. The summed E-state index contributed by atoms with van der Waals surface area (Å²) in [6.45, 7) is 4.85. The van der Waals surface area contributed by atoms with Crippen molar-refractivity contribution in [3.05, 3.63) is 65.1 Å². The van der Waals surface area contributed by atoms with Crippen LogP contribution in [0.1, 0.15) is 29.8 Å². The highest BCUT2D eigenvalue weighted by Gasteiger charge is 2.38. The molecule has 0 saturated heterocycles. The highest BCUT2D eigenvalue weighted by Crippen LogP contribution is 2.37. The Kier molecular flexibility index (Phi) is 8.23. The number of anilines is 2. The first-order valence-electron chi connectivity index (χ1n) is 11.6. The van der Waals surface area contributed by atoms with Gasteiger partial charge in [0.2, 0.25) is 5.88 Å². The molecule has 0 saturated carbocycles. The lowest BCUT2D eigenvalue weighted by Gasteiger charge is -2.28. The van der Waals surface area contributed by atoms with E-state index in [1.54, 1.807) is 19.9 Å². The van der Waals surface area contributed by atoms with Crippen molar-refractivity contribution in [1.82, 2.24) is 19.9 Å². The van der Waals surface area contributed by atoms with Crippen LogP contribution >= 0.6 is 11.8 Å². The number of halogens is 4. The van der Waals surface area contributed by atoms with Gasteiger partial charge in [0.05, 0.1) is 16.5 Å². The molecule has 0 aliphatic carbocycles. The van der Waals surface area contributed by atoms with Crippen molar-refractivity contribution >= 4 is 39.5 Å². The summed E-state index contributed by atoms with van der Waals surface area (Å²) in [5, 5.41) is 2.79. The number of hydrogen-bond acceptors (Lipinski definition) is 9. The van der Waals surface area contributed by atoms with E-state index in [9.17, 15) is 17.6 Å². The second-order valence-corrected chi connectivity index (χ2v) is 10.3. The van der Waals surface area contributed by atoms with Crippen LogP contribution in [0.4, 0.5) is 29.1 Å². The van der Waals surface area contributed by atoms with Crippen LogP contribution in [0.15, 0.2) is 40.0 Å². The Morgan fingerprint density at radius 2 is 2.00 bits per heavy atom. The fraction of sp³-hybridized carbons (Fsp3) is 0.320. The van der Waals surface area contributed by atoms with Crippen molar-refractivity contribution in [3.63, 3.8) is 0 Å². The standard InChI is InChI=1S/C25H25F4N7O2S/c1-12-18(34-13(2)38-12)11-37-19-10-33-21-17(36-19)5-6-32-22(21)35-15-7-14(20(27)16(26)8-15)9-25(3,23(28)29)39-24(30)31-4/h5-8,10,23H,9,11H2,1-4H3,(H2,30,31)(H,32,35)/t25-/m1/s1. The van der Waals surface area contributed by atoms with Gasteiger partial charge in [-0.3, -0.25) is 4.99 Å². The Hall–Kier alpha value is -3.94. The van der Waals surface area contributed by atoms with Crippen molar-refractivity contribution in [2.45, 2.75) is 45.0 Å². The number of fused-ring (bicyclic) bond motifs is 1. The van der Waals surface area contributed by atoms with Gasteiger partial charge in [-0.1, -0.05) is 11.8 Å². The molecule has 0 fully saturated rings. The number of amidine groups is 1. The maximum absolute atomic E-state index is 14.7. The molecular weight excluding hydrogens is 538 g/mol. The van der Waals surface area contributed by atoms with Gasteiger partial charge in [0.25, 0.3) is 6.43 Å². The molecule has 1 aromatic carbocycles. The molecule has 3 aromatic heterocycles. The van der Waals surface area contributed by atoms with Gasteiger partial charge < -0.3 is 20.2 Å². The van der Waals surface area contributed by atoms with E-state index in [4.69, 9.17) is 14.9 Å². The second kappa shape index (κ2) is 11.4. The summed E-state index contributed by atoms with van der Waals surface area (Å²) in [5.41, 5.74) is 6.82. The molecule has 4 aromatic rings. The molecular formula is C25H25F4N7O2S. The van der Waals surface area contributed by atoms with Crippen molar-refractivity contribution in [1.29, 1.82) is 0 Å². The molecule has 14 heteroatoms. The number of ether oxygens (including phenoxy) is 1. The number of benzene rings is 1. The van der Waals surface area contributed by atoms with Gasteiger partial charge in [-0.15, -0.1) is 0 Å². The third-order valence-corrected chi connectivity index (χ3v) is 6.90. The lowest BCUT2D eigenvalue weighted by Crippen LogP contribution is -2.36. The predicted octanol–water partition coefficient (Wildman–Crippen LogP) is 5.47. The van der Waals surface area contributed by atoms with Crippen molar-refractivity contribution in [2.24, 2.45) is 10.7 Å². The van der Waals surface area contributed by atoms with E-state index in [1.807, 2.05) is 0 Å². The summed E-state index contributed by atoms with van der Waals surface area (Å²) in [7, 11) is 1.35. The van der Waals surface area contributed by atoms with Crippen LogP contribution in [0.5, 0.6) is 5.88 Å². The SMILES string of the molecule is C/N=C(/N)S[C@](C)(Cc1cc(Nc2nccc3nc(OCc4nc(C)oc4C)cnc23)cc(F)c1F)C(F)F. The number of nitrogens with one attached hydrogen (secondary N) is 1. The van der Waals surface area contributed by atoms with Gasteiger partial charge in [-0.2, -0.15) is 0 Å². The number of rotatable bonds is 9. The monoisotopic (exact) mass is 563 g/mol. The quantitative estimate of drug-likeness (QED) is 0.155. The van der Waals surface area contributed by atoms with Gasteiger partial charge in [0, 0.05) is 31.9 Å². The maximum atomic E-state index is 14.7. The number of hydrogen-bond donors (Lipinski definition) is 2. The number of thioether (sulfide) groups is 1. The number of pyridine rings is 1. The molecule has 3 heterocycles. The van der Waals surface area contributed by atoms with Crippen LogP contribution in [-0.2, 0) is 13.0 Å². The zero-order valence-corrected chi connectivity index (χ0v) is 22.2. The Morgan fingerprint density at radius 1 is 1.23 bits per heavy atom. The lowest BCUT2D eigenvalue weighted by atomic mass is 9.99. The molecule has 9 nitrogen and oxygen atoms in total. The Labute approximate surface area is 225 Å². The Morgan fingerprint density at radius 3 is 2.67 bits per heavy atom. The Balaban J connectivity index is 1.59. The van der Waals surface area contributed by atoms with Gasteiger partial charge in [-0.25, -0.2) is 37.5 Å². The van der Waals surface area contributed by atoms with E-state index < -0.39 is 29.2 Å². The number of alkyl halides is 2. The summed E-state index contributed by atoms with van der Waals surface area (Å²) in [5.74, 6) is -0.862. The molecule has 0 aliphatic heterocycles. The van der Waals surface area contributed by atoms with E-state index in [1.165, 1.54) is 32.4 Å². The highest BCUT2D eigenvalue weighted by molar-refractivity contribution is 8.15. The third-order valence-electron chi connectivity index (χ3n) is 5.72. The first-order valence-corrected chi connectivity index (χ1v) is 12.4. The molecule has 1 atom stereocenters. The average molecular weight is 564 g/mol. The van der Waals surface area contributed by atoms with Gasteiger partial charge in [0.15, 0.2) is 28.5 Å². The third kappa shape index (κ3) is 6.38. The van der Waals surface area contributed by atoms with E-state index in [-0.39, 0.29) is 34.7 Å². The van der Waals surface area contributed by atoms with Crippen LogP contribution < -0.4 is 15.8 Å². The molecule has 3 N–H and O–H groups in total. The van der Waals surface area contributed by atoms with E-state index >= 15 is 0 Å². The zero-order valence-electron chi connectivity index (χ0n) is 21.4. The smallest absolute Gasteiger partial charge is 0.253 e. The minimum absolute atomic E-state index is 0.0849. The number of oxazole rings is 1. The first-order chi connectivity index (χ1) is 18.5. The summed E-state index contributed by atoms with van der Waals surface area (Å²) >= 11 is 0.599. The number of nitrogens with zero attached hydrogens (tertiary/aromatic N) is 5. The molecule has 0 bridgehead atoms. The molecule has 206 valence electrons. The molecule has 39 heavy (non-hydrogen) atoms. The summed E-state index contributed by atoms with van der Waals surface area (Å²) in [4.78, 5) is 20.9. The number of aliphatic imine (C=N–C) groups is 1. The normalized spacial score (nSPS) is 13.6. The number of aromatic nitrogens is 4. The van der Waals surface area contributed by atoms with Crippen molar-refractivity contribution < 1.29 is 26.7 Å². The molecule has 0 amide bonds. The lowest BCUT2D eigenvalue weighted by molar-refractivity contribution is 0.106. The average Bonchev–Trinajstić information content (AvgIpc) is 3.22. The predicted molar refractivity (Wildman–Crippen MR) is 141 cm³/mol. The largest absolute Gasteiger partial charge is 0.470 e. The summed E-state index contributed by atoms with van der Waals surface area (Å²) < 4.78 is 66.3. The summed E-state index contributed by atoms with van der Waals surface area (Å²) in [6.07, 6.45) is -0.575. The van der Waals surface area contributed by atoms with Gasteiger partial charge >= 0.3 is 0 Å². The molecule has 4 rings (SSSR count). The number of aryl methyl sites for hydroxylation is 2. The topological polar surface area (TPSA) is 124 Å². The van der Waals surface area contributed by atoms with Crippen molar-refractivity contribution in [3.8, 4) is 5.88 Å². The van der Waals surface area contributed by atoms with Crippen LogP contribution in [0, 0.1) is 25.5 Å². The fourth-order valence-corrected chi connectivity index (χ4v) is 4.63. The molecule has 0 unspecified atom stereocenters. The first kappa shape index (κ1) is 28.1. The maximum Gasteiger partial charge on any atom is 0.253 e. The van der Waals surface area contributed by atoms with E-state index in [0.717, 1.165) is 6.07 Å². The molecule has 0 aliphatic rings. The van der Waals surface area contributed by atoms with Crippen molar-refractivity contribution in [2.75, 3.05) is 12.4 Å². The molecule has 0 spiro atoms.